The van der Waals surface area contributed by atoms with Crippen molar-refractivity contribution in [2.24, 2.45) is 5.73 Å². The average Bonchev–Trinajstić information content (AvgIpc) is 2.96. The average molecular weight is 318 g/mol. The highest BCUT2D eigenvalue weighted by Crippen LogP contribution is 2.39. The Kier molecular flexibility index (Phi) is 3.43. The third kappa shape index (κ3) is 2.39. The first-order valence-corrected chi connectivity index (χ1v) is 7.94. The lowest BCUT2D eigenvalue weighted by Crippen LogP contribution is -2.39. The first-order valence-electron chi connectivity index (χ1n) is 7.94. The van der Waals surface area contributed by atoms with E-state index in [2.05, 4.69) is 10.4 Å². The van der Waals surface area contributed by atoms with E-state index in [9.17, 15) is 4.79 Å². The molecule has 5 nitrogen and oxygen atoms in total. The molecule has 1 aliphatic rings. The number of nitrogens with zero attached hydrogens (tertiary/aromatic N) is 2. The summed E-state index contributed by atoms with van der Waals surface area (Å²) >= 11 is 0. The van der Waals surface area contributed by atoms with Crippen molar-refractivity contribution in [2.75, 3.05) is 5.32 Å². The number of aryl methyl sites for hydroxylation is 1. The van der Waals surface area contributed by atoms with Crippen molar-refractivity contribution in [1.82, 2.24) is 9.78 Å². The number of hydrogen-bond acceptors (Lipinski definition) is 4. The van der Waals surface area contributed by atoms with Gasteiger partial charge in [-0.1, -0.05) is 60.2 Å². The number of anilines is 1. The van der Waals surface area contributed by atoms with Crippen molar-refractivity contribution in [3.8, 4) is 22.4 Å². The van der Waals surface area contributed by atoms with Gasteiger partial charge in [0.15, 0.2) is 0 Å². The third-order valence-electron chi connectivity index (χ3n) is 4.23. The van der Waals surface area contributed by atoms with Crippen LogP contribution in [0.3, 0.4) is 0 Å². The van der Waals surface area contributed by atoms with Crippen molar-refractivity contribution < 1.29 is 4.79 Å². The lowest BCUT2D eigenvalue weighted by atomic mass is 9.99. The zero-order valence-corrected chi connectivity index (χ0v) is 13.4. The van der Waals surface area contributed by atoms with Gasteiger partial charge in [-0.3, -0.25) is 4.79 Å². The van der Waals surface area contributed by atoms with Crippen LogP contribution in [-0.4, -0.2) is 21.9 Å². The van der Waals surface area contributed by atoms with Crippen LogP contribution in [0.15, 0.2) is 54.6 Å². The number of rotatable bonds is 2. The zero-order valence-electron chi connectivity index (χ0n) is 13.4. The molecule has 1 aliphatic heterocycles. The summed E-state index contributed by atoms with van der Waals surface area (Å²) < 4.78 is 1.45. The van der Waals surface area contributed by atoms with E-state index in [1.54, 1.807) is 0 Å². The fourth-order valence-corrected chi connectivity index (χ4v) is 3.02. The standard InChI is InChI=1S/C19H18N4O/c1-12-7-9-14(10-8-12)18-17(13-5-3-2-4-6-13)19-21-15(20)11-16(24)23(19)22-18/h2-10,15,21H,11,20H2,1H3. The highest BCUT2D eigenvalue weighted by Gasteiger charge is 2.29. The molecule has 24 heavy (non-hydrogen) atoms. The molecule has 0 saturated heterocycles. The molecule has 0 aliphatic carbocycles. The summed E-state index contributed by atoms with van der Waals surface area (Å²) in [5.74, 6) is 0.576. The molecule has 0 amide bonds. The monoisotopic (exact) mass is 318 g/mol. The second-order valence-corrected chi connectivity index (χ2v) is 6.06. The van der Waals surface area contributed by atoms with Gasteiger partial charge in [0, 0.05) is 5.56 Å². The van der Waals surface area contributed by atoms with E-state index < -0.39 is 6.17 Å². The van der Waals surface area contributed by atoms with Crippen molar-refractivity contribution in [1.29, 1.82) is 0 Å². The van der Waals surface area contributed by atoms with Crippen LogP contribution in [0.5, 0.6) is 0 Å². The maximum absolute atomic E-state index is 12.4. The normalized spacial score (nSPS) is 16.6. The molecule has 3 N–H and O–H groups in total. The second kappa shape index (κ2) is 5.62. The molecule has 0 fully saturated rings. The first kappa shape index (κ1) is 14.7. The predicted octanol–water partition coefficient (Wildman–Crippen LogP) is 3.27. The van der Waals surface area contributed by atoms with Gasteiger partial charge in [-0.05, 0) is 12.5 Å². The number of carbonyl (C=O) groups excluding carboxylic acids is 1. The van der Waals surface area contributed by atoms with E-state index in [-0.39, 0.29) is 12.3 Å². The highest BCUT2D eigenvalue weighted by molar-refractivity contribution is 5.96. The quantitative estimate of drug-likeness (QED) is 0.760. The van der Waals surface area contributed by atoms with Crippen LogP contribution in [0.1, 0.15) is 16.8 Å². The van der Waals surface area contributed by atoms with Crippen LogP contribution in [0.2, 0.25) is 0 Å². The van der Waals surface area contributed by atoms with Gasteiger partial charge >= 0.3 is 0 Å². The van der Waals surface area contributed by atoms with Crippen LogP contribution < -0.4 is 11.1 Å². The van der Waals surface area contributed by atoms with Crippen LogP contribution in [-0.2, 0) is 0 Å². The summed E-state index contributed by atoms with van der Waals surface area (Å²) in [4.78, 5) is 12.4. The smallest absolute Gasteiger partial charge is 0.252 e. The Labute approximate surface area is 140 Å². The summed E-state index contributed by atoms with van der Waals surface area (Å²) in [6.07, 6.45) is -0.161. The summed E-state index contributed by atoms with van der Waals surface area (Å²) in [5.41, 5.74) is 10.8. The van der Waals surface area contributed by atoms with Gasteiger partial charge in [-0.2, -0.15) is 9.78 Å². The fourth-order valence-electron chi connectivity index (χ4n) is 3.02. The molecule has 3 aromatic rings. The van der Waals surface area contributed by atoms with E-state index in [1.807, 2.05) is 61.5 Å². The van der Waals surface area contributed by atoms with Crippen LogP contribution in [0, 0.1) is 6.92 Å². The minimum absolute atomic E-state index is 0.0909. The van der Waals surface area contributed by atoms with Gasteiger partial charge in [-0.25, -0.2) is 0 Å². The minimum Gasteiger partial charge on any atom is -0.354 e. The Hall–Kier alpha value is -2.92. The number of benzene rings is 2. The molecule has 0 saturated carbocycles. The van der Waals surface area contributed by atoms with E-state index in [4.69, 9.17) is 5.73 Å². The number of aromatic nitrogens is 2. The largest absolute Gasteiger partial charge is 0.354 e. The van der Waals surface area contributed by atoms with Crippen molar-refractivity contribution in [2.45, 2.75) is 19.5 Å². The van der Waals surface area contributed by atoms with E-state index in [0.717, 1.165) is 22.4 Å². The Bertz CT molecular complexity index is 897. The lowest BCUT2D eigenvalue weighted by Gasteiger charge is -2.21. The molecule has 2 heterocycles. The number of hydrogen-bond donors (Lipinski definition) is 2. The van der Waals surface area contributed by atoms with Gasteiger partial charge in [-0.15, -0.1) is 0 Å². The maximum Gasteiger partial charge on any atom is 0.252 e. The topological polar surface area (TPSA) is 72.9 Å². The summed E-state index contributed by atoms with van der Waals surface area (Å²) in [7, 11) is 0. The molecule has 1 atom stereocenters. The van der Waals surface area contributed by atoms with E-state index >= 15 is 0 Å². The van der Waals surface area contributed by atoms with Gasteiger partial charge in [0.1, 0.15) is 11.5 Å². The fraction of sp³-hybridized carbons (Fsp3) is 0.158. The van der Waals surface area contributed by atoms with E-state index in [1.165, 1.54) is 10.2 Å². The Morgan fingerprint density at radius 1 is 1.08 bits per heavy atom. The Morgan fingerprint density at radius 2 is 1.79 bits per heavy atom. The zero-order chi connectivity index (χ0) is 16.7. The van der Waals surface area contributed by atoms with Crippen molar-refractivity contribution in [3.63, 3.8) is 0 Å². The van der Waals surface area contributed by atoms with Gasteiger partial charge in [0.05, 0.1) is 18.2 Å². The Morgan fingerprint density at radius 3 is 2.50 bits per heavy atom. The van der Waals surface area contributed by atoms with Crippen LogP contribution in [0.4, 0.5) is 5.82 Å². The summed E-state index contributed by atoms with van der Waals surface area (Å²) in [6, 6.07) is 18.1. The molecule has 4 rings (SSSR count). The van der Waals surface area contributed by atoms with Crippen LogP contribution in [0.25, 0.3) is 22.4 Å². The molecule has 0 spiro atoms. The van der Waals surface area contributed by atoms with Crippen molar-refractivity contribution in [3.05, 3.63) is 60.2 Å². The SMILES string of the molecule is Cc1ccc(-c2nn3c(c2-c2ccccc2)NC(N)CC3=O)cc1. The predicted molar refractivity (Wildman–Crippen MR) is 94.7 cm³/mol. The summed E-state index contributed by atoms with van der Waals surface area (Å²) in [6.45, 7) is 2.05. The van der Waals surface area contributed by atoms with Crippen LogP contribution >= 0.6 is 0 Å². The maximum atomic E-state index is 12.4. The lowest BCUT2D eigenvalue weighted by molar-refractivity contribution is 0.0874. The third-order valence-corrected chi connectivity index (χ3v) is 4.23. The molecule has 1 unspecified atom stereocenters. The number of fused-ring (bicyclic) bond motifs is 1. The van der Waals surface area contributed by atoms with Crippen molar-refractivity contribution >= 4 is 11.7 Å². The summed E-state index contributed by atoms with van der Waals surface area (Å²) in [5, 5.41) is 7.81. The number of carbonyl (C=O) groups is 1. The van der Waals surface area contributed by atoms with Gasteiger partial charge in [0.25, 0.3) is 5.91 Å². The molecule has 120 valence electrons. The van der Waals surface area contributed by atoms with E-state index in [0.29, 0.717) is 5.82 Å². The molecule has 1 aromatic heterocycles. The number of nitrogens with one attached hydrogen (secondary N) is 1. The van der Waals surface area contributed by atoms with Gasteiger partial charge in [0.2, 0.25) is 0 Å². The molecule has 0 bridgehead atoms. The molecular formula is C19H18N4O. The Balaban J connectivity index is 1.98. The molecular weight excluding hydrogens is 300 g/mol. The second-order valence-electron chi connectivity index (χ2n) is 6.06. The first-order chi connectivity index (χ1) is 11.6. The molecule has 5 heteroatoms. The minimum atomic E-state index is -0.393. The van der Waals surface area contributed by atoms with Gasteiger partial charge < -0.3 is 11.1 Å². The molecule has 2 aromatic carbocycles. The molecule has 0 radical (unpaired) electrons. The number of nitrogens with two attached hydrogens (primary N) is 1. The highest BCUT2D eigenvalue weighted by atomic mass is 16.2.